The predicted octanol–water partition coefficient (Wildman–Crippen LogP) is 1.70. The van der Waals surface area contributed by atoms with Crippen molar-refractivity contribution in [2.75, 3.05) is 5.75 Å². The van der Waals surface area contributed by atoms with E-state index in [-0.39, 0.29) is 11.5 Å². The van der Waals surface area contributed by atoms with Crippen molar-refractivity contribution in [1.82, 2.24) is 4.98 Å². The van der Waals surface area contributed by atoms with Crippen molar-refractivity contribution in [2.45, 2.75) is 38.5 Å². The van der Waals surface area contributed by atoms with Crippen LogP contribution in [0.25, 0.3) is 0 Å². The van der Waals surface area contributed by atoms with Gasteiger partial charge in [-0.1, -0.05) is 6.92 Å². The fraction of sp³-hybridized carbons (Fsp3) is 0.700. The van der Waals surface area contributed by atoms with Crippen LogP contribution in [0.5, 0.6) is 0 Å². The van der Waals surface area contributed by atoms with Gasteiger partial charge < -0.3 is 5.11 Å². The molecule has 0 saturated heterocycles. The molecule has 4 nitrogen and oxygen atoms in total. The normalized spacial score (nSPS) is 13.0. The van der Waals surface area contributed by atoms with Crippen LogP contribution in [0.1, 0.15) is 37.1 Å². The monoisotopic (exact) mass is 263 g/mol. The maximum Gasteiger partial charge on any atom is 0.156 e. The van der Waals surface area contributed by atoms with Gasteiger partial charge in [0, 0.05) is 6.20 Å². The zero-order chi connectivity index (χ0) is 12.4. The number of hydrogen-bond donors (Lipinski definition) is 1. The minimum Gasteiger partial charge on any atom is -0.385 e. The number of rotatable bonds is 5. The Bertz CT molecular complexity index is 443. The molecule has 92 valence electrons. The lowest BCUT2D eigenvalue weighted by Gasteiger charge is -2.13. The second-order valence-electron chi connectivity index (χ2n) is 4.27. The van der Waals surface area contributed by atoms with E-state index in [4.69, 9.17) is 0 Å². The predicted molar refractivity (Wildman–Crippen MR) is 65.1 cm³/mol. The van der Waals surface area contributed by atoms with E-state index in [9.17, 15) is 13.5 Å². The van der Waals surface area contributed by atoms with Gasteiger partial charge in [-0.05, 0) is 20.3 Å². The molecule has 1 aromatic heterocycles. The second kappa shape index (κ2) is 4.81. The van der Waals surface area contributed by atoms with Gasteiger partial charge in [0.1, 0.15) is 10.8 Å². The molecule has 0 aliphatic carbocycles. The van der Waals surface area contributed by atoms with Crippen molar-refractivity contribution in [3.8, 4) is 0 Å². The minimum atomic E-state index is -3.05. The highest BCUT2D eigenvalue weighted by atomic mass is 32.2. The van der Waals surface area contributed by atoms with Crippen LogP contribution in [0.4, 0.5) is 0 Å². The molecule has 0 radical (unpaired) electrons. The molecular weight excluding hydrogens is 246 g/mol. The van der Waals surface area contributed by atoms with E-state index in [0.717, 1.165) is 0 Å². The van der Waals surface area contributed by atoms with E-state index < -0.39 is 15.4 Å². The summed E-state index contributed by atoms with van der Waals surface area (Å²) in [5, 5.41) is 10.3. The highest BCUT2D eigenvalue weighted by Gasteiger charge is 2.21. The van der Waals surface area contributed by atoms with Gasteiger partial charge in [-0.25, -0.2) is 13.4 Å². The summed E-state index contributed by atoms with van der Waals surface area (Å²) in [5.41, 5.74) is -0.954. The van der Waals surface area contributed by atoms with Gasteiger partial charge in [0.05, 0.1) is 16.2 Å². The highest BCUT2D eigenvalue weighted by Crippen LogP contribution is 2.26. The molecule has 0 amide bonds. The van der Waals surface area contributed by atoms with E-state index in [1.54, 1.807) is 20.0 Å². The lowest BCUT2D eigenvalue weighted by atomic mass is 10.1. The highest BCUT2D eigenvalue weighted by molar-refractivity contribution is 7.90. The number of thiazole rings is 1. The van der Waals surface area contributed by atoms with Crippen molar-refractivity contribution in [3.63, 3.8) is 0 Å². The van der Waals surface area contributed by atoms with E-state index >= 15 is 0 Å². The summed E-state index contributed by atoms with van der Waals surface area (Å²) in [5.74, 6) is 0.159. The van der Waals surface area contributed by atoms with E-state index in [1.165, 1.54) is 11.3 Å². The lowest BCUT2D eigenvalue weighted by Crippen LogP contribution is -2.12. The fourth-order valence-electron chi connectivity index (χ4n) is 1.23. The molecule has 1 aromatic rings. The summed E-state index contributed by atoms with van der Waals surface area (Å²) in [4.78, 5) is 4.72. The molecule has 0 saturated carbocycles. The van der Waals surface area contributed by atoms with Crippen LogP contribution < -0.4 is 0 Å². The summed E-state index contributed by atoms with van der Waals surface area (Å²) < 4.78 is 23.1. The van der Waals surface area contributed by atoms with Gasteiger partial charge in [0.15, 0.2) is 9.84 Å². The molecule has 0 fully saturated rings. The Morgan fingerprint density at radius 2 is 2.12 bits per heavy atom. The Balaban J connectivity index is 2.81. The van der Waals surface area contributed by atoms with Crippen molar-refractivity contribution >= 4 is 21.2 Å². The molecule has 1 N–H and O–H groups in total. The summed E-state index contributed by atoms with van der Waals surface area (Å²) in [6, 6.07) is 0. The van der Waals surface area contributed by atoms with Crippen molar-refractivity contribution in [1.29, 1.82) is 0 Å². The summed E-state index contributed by atoms with van der Waals surface area (Å²) >= 11 is 1.25. The van der Waals surface area contributed by atoms with Gasteiger partial charge in [-0.15, -0.1) is 11.3 Å². The molecule has 0 atom stereocenters. The SMILES string of the molecule is CCCS(=O)(=O)Cc1ncc(C(C)(C)O)s1. The third-order valence-electron chi connectivity index (χ3n) is 2.02. The number of sulfone groups is 1. The zero-order valence-electron chi connectivity index (χ0n) is 9.73. The second-order valence-corrected chi connectivity index (χ2v) is 7.57. The summed E-state index contributed by atoms with van der Waals surface area (Å²) in [7, 11) is -3.05. The zero-order valence-corrected chi connectivity index (χ0v) is 11.4. The first-order chi connectivity index (χ1) is 7.24. The Kier molecular flexibility index (Phi) is 4.09. The third-order valence-corrected chi connectivity index (χ3v) is 5.25. The topological polar surface area (TPSA) is 67.3 Å². The Labute approximate surface area is 100 Å². The first kappa shape index (κ1) is 13.6. The first-order valence-electron chi connectivity index (χ1n) is 5.12. The molecule has 16 heavy (non-hydrogen) atoms. The molecule has 0 bridgehead atoms. The van der Waals surface area contributed by atoms with Gasteiger partial charge in [-0.2, -0.15) is 0 Å². The Hall–Kier alpha value is -0.460. The molecule has 6 heteroatoms. The number of aromatic nitrogens is 1. The van der Waals surface area contributed by atoms with Gasteiger partial charge >= 0.3 is 0 Å². The minimum absolute atomic E-state index is 0.0262. The van der Waals surface area contributed by atoms with Crippen LogP contribution in [0, 0.1) is 0 Å². The molecule has 0 spiro atoms. The van der Waals surface area contributed by atoms with E-state index in [1.807, 2.05) is 6.92 Å². The molecular formula is C10H17NO3S2. The third kappa shape index (κ3) is 3.84. The average molecular weight is 263 g/mol. The standard InChI is InChI=1S/C10H17NO3S2/c1-4-5-16(13,14)7-9-11-6-8(15-9)10(2,3)12/h6,12H,4-5,7H2,1-3H3. The van der Waals surface area contributed by atoms with Crippen LogP contribution in [0.2, 0.25) is 0 Å². The quantitative estimate of drug-likeness (QED) is 0.878. The molecule has 0 aliphatic rings. The van der Waals surface area contributed by atoms with Crippen LogP contribution in [-0.2, 0) is 21.2 Å². The van der Waals surface area contributed by atoms with Crippen molar-refractivity contribution in [3.05, 3.63) is 16.1 Å². The number of nitrogens with zero attached hydrogens (tertiary/aromatic N) is 1. The first-order valence-corrected chi connectivity index (χ1v) is 7.76. The van der Waals surface area contributed by atoms with Gasteiger partial charge in [0.2, 0.25) is 0 Å². The molecule has 1 rings (SSSR count). The largest absolute Gasteiger partial charge is 0.385 e. The fourth-order valence-corrected chi connectivity index (χ4v) is 3.94. The number of aliphatic hydroxyl groups is 1. The van der Waals surface area contributed by atoms with Gasteiger partial charge in [-0.3, -0.25) is 0 Å². The van der Waals surface area contributed by atoms with Crippen molar-refractivity contribution < 1.29 is 13.5 Å². The molecule has 0 unspecified atom stereocenters. The maximum atomic E-state index is 11.6. The summed E-state index contributed by atoms with van der Waals surface area (Å²) in [6.45, 7) is 5.15. The van der Waals surface area contributed by atoms with Crippen molar-refractivity contribution in [2.24, 2.45) is 0 Å². The number of hydrogen-bond acceptors (Lipinski definition) is 5. The average Bonchev–Trinajstić information content (AvgIpc) is 2.50. The molecule has 0 aliphatic heterocycles. The van der Waals surface area contributed by atoms with Crippen LogP contribution in [-0.4, -0.2) is 24.3 Å². The Morgan fingerprint density at radius 1 is 1.50 bits per heavy atom. The Morgan fingerprint density at radius 3 is 2.56 bits per heavy atom. The molecule has 1 heterocycles. The molecule has 0 aromatic carbocycles. The van der Waals surface area contributed by atoms with Gasteiger partial charge in [0.25, 0.3) is 0 Å². The van der Waals surface area contributed by atoms with Crippen LogP contribution in [0.15, 0.2) is 6.20 Å². The van der Waals surface area contributed by atoms with Crippen LogP contribution >= 0.6 is 11.3 Å². The van der Waals surface area contributed by atoms with Crippen LogP contribution in [0.3, 0.4) is 0 Å². The lowest BCUT2D eigenvalue weighted by molar-refractivity contribution is 0.0823. The van der Waals surface area contributed by atoms with E-state index in [2.05, 4.69) is 4.98 Å². The summed E-state index contributed by atoms with van der Waals surface area (Å²) in [6.07, 6.45) is 2.16. The maximum absolute atomic E-state index is 11.6. The smallest absolute Gasteiger partial charge is 0.156 e. The van der Waals surface area contributed by atoms with E-state index in [0.29, 0.717) is 16.3 Å².